The number of hydrogen-bond donors (Lipinski definition) is 3. The van der Waals surface area contributed by atoms with Crippen molar-refractivity contribution in [2.24, 2.45) is 5.84 Å². The Balaban J connectivity index is 2.19. The normalized spacial score (nSPS) is 10.8. The van der Waals surface area contributed by atoms with Gasteiger partial charge in [-0.3, -0.25) is 0 Å². The van der Waals surface area contributed by atoms with E-state index in [1.54, 1.807) is 6.07 Å². The van der Waals surface area contributed by atoms with Crippen LogP contribution in [0.2, 0.25) is 0 Å². The summed E-state index contributed by atoms with van der Waals surface area (Å²) in [5.74, 6) is 6.07. The molecule has 1 aromatic carbocycles. The fraction of sp³-hybridized carbons (Fsp3) is 0.286. The van der Waals surface area contributed by atoms with Crippen molar-refractivity contribution in [2.45, 2.75) is 26.3 Å². The lowest BCUT2D eigenvalue weighted by molar-refractivity contribution is 0.587. The highest BCUT2D eigenvalue weighted by atomic mass is 19.1. The largest absolute Gasteiger partial charge is 0.366 e. The summed E-state index contributed by atoms with van der Waals surface area (Å²) in [4.78, 5) is 8.53. The molecule has 5 nitrogen and oxygen atoms in total. The van der Waals surface area contributed by atoms with Gasteiger partial charge in [0.25, 0.3) is 0 Å². The molecule has 0 saturated heterocycles. The standard InChI is InChI=1S/C14H17F2N5/c1-8(2)14-19-12(6-13(20-14)21-17)18-7-9-5-10(15)3-4-11(9)16/h3-6,8H,7,17H2,1-2H3,(H2,18,19,20,21). The molecule has 112 valence electrons. The highest BCUT2D eigenvalue weighted by Gasteiger charge is 2.09. The quantitative estimate of drug-likeness (QED) is 0.584. The smallest absolute Gasteiger partial charge is 0.145 e. The Morgan fingerprint density at radius 1 is 1.14 bits per heavy atom. The van der Waals surface area contributed by atoms with Crippen LogP contribution in [-0.2, 0) is 6.54 Å². The predicted molar refractivity (Wildman–Crippen MR) is 77.6 cm³/mol. The summed E-state index contributed by atoms with van der Waals surface area (Å²) in [6.45, 7) is 4.01. The van der Waals surface area contributed by atoms with Crippen LogP contribution < -0.4 is 16.6 Å². The third kappa shape index (κ3) is 3.85. The summed E-state index contributed by atoms with van der Waals surface area (Å²) in [5, 5.41) is 2.95. The molecule has 0 atom stereocenters. The van der Waals surface area contributed by atoms with Gasteiger partial charge in [0, 0.05) is 24.1 Å². The number of nitrogens with one attached hydrogen (secondary N) is 2. The molecule has 0 aliphatic carbocycles. The van der Waals surface area contributed by atoms with Gasteiger partial charge in [-0.1, -0.05) is 13.8 Å². The van der Waals surface area contributed by atoms with Gasteiger partial charge in [-0.05, 0) is 18.2 Å². The number of nitrogen functional groups attached to an aromatic ring is 1. The number of hydrazine groups is 1. The van der Waals surface area contributed by atoms with E-state index in [-0.39, 0.29) is 18.0 Å². The van der Waals surface area contributed by atoms with Crippen molar-refractivity contribution >= 4 is 11.6 Å². The zero-order valence-electron chi connectivity index (χ0n) is 11.8. The predicted octanol–water partition coefficient (Wildman–Crippen LogP) is 2.78. The Labute approximate surface area is 121 Å². The van der Waals surface area contributed by atoms with Crippen LogP contribution in [0.3, 0.4) is 0 Å². The summed E-state index contributed by atoms with van der Waals surface area (Å²) in [6, 6.07) is 4.92. The molecule has 1 heterocycles. The fourth-order valence-electron chi connectivity index (χ4n) is 1.75. The van der Waals surface area contributed by atoms with Gasteiger partial charge >= 0.3 is 0 Å². The summed E-state index contributed by atoms with van der Waals surface area (Å²) < 4.78 is 26.7. The summed E-state index contributed by atoms with van der Waals surface area (Å²) in [6.07, 6.45) is 0. The Bertz CT molecular complexity index is 631. The molecule has 7 heteroatoms. The van der Waals surface area contributed by atoms with Crippen molar-refractivity contribution < 1.29 is 8.78 Å². The maximum absolute atomic E-state index is 13.6. The molecule has 0 unspecified atom stereocenters. The van der Waals surface area contributed by atoms with Crippen LogP contribution in [0.4, 0.5) is 20.4 Å². The number of rotatable bonds is 5. The zero-order valence-corrected chi connectivity index (χ0v) is 11.8. The number of aromatic nitrogens is 2. The summed E-state index contributed by atoms with van der Waals surface area (Å²) >= 11 is 0. The molecule has 0 aliphatic heterocycles. The highest BCUT2D eigenvalue weighted by Crippen LogP contribution is 2.18. The average Bonchev–Trinajstić information content (AvgIpc) is 2.47. The van der Waals surface area contributed by atoms with Crippen molar-refractivity contribution in [3.8, 4) is 0 Å². The van der Waals surface area contributed by atoms with E-state index in [0.717, 1.165) is 18.2 Å². The number of hydrogen-bond acceptors (Lipinski definition) is 5. The van der Waals surface area contributed by atoms with Crippen LogP contribution in [0.1, 0.15) is 31.2 Å². The maximum atomic E-state index is 13.6. The molecule has 0 fully saturated rings. The molecule has 0 spiro atoms. The van der Waals surface area contributed by atoms with Crippen molar-refractivity contribution in [2.75, 3.05) is 10.7 Å². The van der Waals surface area contributed by atoms with Crippen molar-refractivity contribution in [3.63, 3.8) is 0 Å². The van der Waals surface area contributed by atoms with E-state index in [9.17, 15) is 8.78 Å². The minimum Gasteiger partial charge on any atom is -0.366 e. The van der Waals surface area contributed by atoms with Gasteiger partial charge < -0.3 is 10.7 Å². The van der Waals surface area contributed by atoms with Crippen LogP contribution >= 0.6 is 0 Å². The van der Waals surface area contributed by atoms with Gasteiger partial charge in [-0.2, -0.15) is 0 Å². The number of halogens is 2. The first-order valence-electron chi connectivity index (χ1n) is 6.53. The van der Waals surface area contributed by atoms with Crippen molar-refractivity contribution in [1.29, 1.82) is 0 Å². The van der Waals surface area contributed by atoms with Gasteiger partial charge in [0.05, 0.1) is 0 Å². The van der Waals surface area contributed by atoms with E-state index >= 15 is 0 Å². The lowest BCUT2D eigenvalue weighted by Gasteiger charge is -2.11. The molecule has 4 N–H and O–H groups in total. The van der Waals surface area contributed by atoms with E-state index in [0.29, 0.717) is 17.5 Å². The van der Waals surface area contributed by atoms with Gasteiger partial charge in [0.15, 0.2) is 0 Å². The lowest BCUT2D eigenvalue weighted by Crippen LogP contribution is -2.13. The second kappa shape index (κ2) is 6.45. The molecular formula is C14H17F2N5. The number of nitrogens with zero attached hydrogens (tertiary/aromatic N) is 2. The molecule has 0 saturated carbocycles. The number of anilines is 2. The molecule has 1 aromatic heterocycles. The van der Waals surface area contributed by atoms with Crippen molar-refractivity contribution in [1.82, 2.24) is 9.97 Å². The van der Waals surface area contributed by atoms with E-state index < -0.39 is 11.6 Å². The molecule has 0 radical (unpaired) electrons. The first-order valence-corrected chi connectivity index (χ1v) is 6.53. The van der Waals surface area contributed by atoms with Gasteiger partial charge in [-0.15, -0.1) is 0 Å². The van der Waals surface area contributed by atoms with Crippen LogP contribution in [0.5, 0.6) is 0 Å². The van der Waals surface area contributed by atoms with Gasteiger partial charge in [0.1, 0.15) is 29.1 Å². The first kappa shape index (κ1) is 15.1. The van der Waals surface area contributed by atoms with Gasteiger partial charge in [0.2, 0.25) is 0 Å². The average molecular weight is 293 g/mol. The van der Waals surface area contributed by atoms with Crippen LogP contribution in [0, 0.1) is 11.6 Å². The Morgan fingerprint density at radius 2 is 1.86 bits per heavy atom. The van der Waals surface area contributed by atoms with Crippen molar-refractivity contribution in [3.05, 3.63) is 47.3 Å². The number of nitrogens with two attached hydrogens (primary N) is 1. The molecule has 0 aliphatic rings. The maximum Gasteiger partial charge on any atom is 0.145 e. The molecule has 21 heavy (non-hydrogen) atoms. The topological polar surface area (TPSA) is 75.9 Å². The van der Waals surface area contributed by atoms with E-state index in [1.807, 2.05) is 13.8 Å². The first-order chi connectivity index (χ1) is 9.99. The molecule has 0 amide bonds. The minimum atomic E-state index is -0.483. The lowest BCUT2D eigenvalue weighted by atomic mass is 10.2. The third-order valence-electron chi connectivity index (χ3n) is 2.88. The molecule has 2 rings (SSSR count). The monoisotopic (exact) mass is 293 g/mol. The Kier molecular flexibility index (Phi) is 4.64. The molecule has 0 bridgehead atoms. The SMILES string of the molecule is CC(C)c1nc(NN)cc(NCc2cc(F)ccc2F)n1. The highest BCUT2D eigenvalue weighted by molar-refractivity contribution is 5.47. The van der Waals surface area contributed by atoms with E-state index in [1.165, 1.54) is 0 Å². The second-order valence-electron chi connectivity index (χ2n) is 4.88. The van der Waals surface area contributed by atoms with Crippen LogP contribution in [0.15, 0.2) is 24.3 Å². The Morgan fingerprint density at radius 3 is 2.52 bits per heavy atom. The summed E-state index contributed by atoms with van der Waals surface area (Å²) in [5.41, 5.74) is 2.68. The molecular weight excluding hydrogens is 276 g/mol. The van der Waals surface area contributed by atoms with Crippen LogP contribution in [0.25, 0.3) is 0 Å². The zero-order chi connectivity index (χ0) is 15.4. The summed E-state index contributed by atoms with van der Waals surface area (Å²) in [7, 11) is 0. The second-order valence-corrected chi connectivity index (χ2v) is 4.88. The third-order valence-corrected chi connectivity index (χ3v) is 2.88. The van der Waals surface area contributed by atoms with Crippen LogP contribution in [-0.4, -0.2) is 9.97 Å². The minimum absolute atomic E-state index is 0.113. The fourth-order valence-corrected chi connectivity index (χ4v) is 1.75. The van der Waals surface area contributed by atoms with E-state index in [4.69, 9.17) is 5.84 Å². The number of benzene rings is 1. The van der Waals surface area contributed by atoms with E-state index in [2.05, 4.69) is 20.7 Å². The van der Waals surface area contributed by atoms with Gasteiger partial charge in [-0.25, -0.2) is 24.6 Å². The Hall–Kier alpha value is -2.28. The molecule has 2 aromatic rings.